The second-order valence-electron chi connectivity index (χ2n) is 10.1. The molecule has 0 aliphatic rings. The number of carbonyl (C=O) groups excluding carboxylic acids is 1. The number of hydrogen-bond donors (Lipinski definition) is 1. The molecule has 1 amide bonds. The van der Waals surface area contributed by atoms with Crippen molar-refractivity contribution in [3.8, 4) is 23.1 Å². The number of rotatable bonds is 9. The molecule has 2 heterocycles. The lowest BCUT2D eigenvalue weighted by atomic mass is 10.2. The van der Waals surface area contributed by atoms with E-state index in [0.29, 0.717) is 27.9 Å². The fourth-order valence-electron chi connectivity index (χ4n) is 4.73. The Morgan fingerprint density at radius 3 is 2.65 bits per heavy atom. The Bertz CT molecular complexity index is 2230. The van der Waals surface area contributed by atoms with Crippen LogP contribution in [0.5, 0.6) is 11.5 Å². The largest absolute Gasteiger partial charge is 0.493 e. The van der Waals surface area contributed by atoms with Crippen LogP contribution in [0.2, 0.25) is 0 Å². The quantitative estimate of drug-likeness (QED) is 0.101. The number of para-hydroxylation sites is 1. The van der Waals surface area contributed by atoms with E-state index in [1.54, 1.807) is 48.5 Å². The number of furan rings is 1. The van der Waals surface area contributed by atoms with Gasteiger partial charge in [0.15, 0.2) is 18.1 Å². The fourth-order valence-corrected chi connectivity index (χ4v) is 5.10. The third-order valence-corrected chi connectivity index (χ3v) is 7.43. The molecule has 230 valence electrons. The summed E-state index contributed by atoms with van der Waals surface area (Å²) in [5.41, 5.74) is 1.90. The zero-order chi connectivity index (χ0) is 32.4. The van der Waals surface area contributed by atoms with Crippen LogP contribution in [-0.4, -0.2) is 40.4 Å². The minimum Gasteiger partial charge on any atom is -0.493 e. The summed E-state index contributed by atoms with van der Waals surface area (Å²) in [7, 11) is 1.31. The molecule has 0 unspecified atom stereocenters. The van der Waals surface area contributed by atoms with E-state index in [1.807, 2.05) is 31.2 Å². The number of halogens is 1. The van der Waals surface area contributed by atoms with E-state index >= 15 is 0 Å². The number of aromatic nitrogens is 2. The van der Waals surface area contributed by atoms with Crippen molar-refractivity contribution in [1.29, 1.82) is 0 Å². The molecule has 0 aliphatic heterocycles. The Morgan fingerprint density at radius 1 is 1.11 bits per heavy atom. The van der Waals surface area contributed by atoms with E-state index in [4.69, 9.17) is 13.9 Å². The summed E-state index contributed by atoms with van der Waals surface area (Å²) in [5.74, 6) is -0.328. The van der Waals surface area contributed by atoms with Crippen molar-refractivity contribution < 1.29 is 23.6 Å². The average molecular weight is 682 g/mol. The Hall–Kier alpha value is -5.82. The van der Waals surface area contributed by atoms with Crippen molar-refractivity contribution in [2.24, 2.45) is 5.10 Å². The van der Waals surface area contributed by atoms with E-state index in [-0.39, 0.29) is 22.9 Å². The minimum atomic E-state index is -0.658. The number of amides is 1. The van der Waals surface area contributed by atoms with Crippen molar-refractivity contribution in [1.82, 2.24) is 9.66 Å². The number of anilines is 1. The lowest BCUT2D eigenvalue weighted by Gasteiger charge is -2.12. The van der Waals surface area contributed by atoms with Crippen LogP contribution in [0.1, 0.15) is 11.1 Å². The van der Waals surface area contributed by atoms with Crippen LogP contribution >= 0.6 is 15.9 Å². The number of aryl methyl sites for hydroxylation is 1. The molecule has 6 rings (SSSR count). The van der Waals surface area contributed by atoms with Gasteiger partial charge < -0.3 is 19.2 Å². The first-order valence-electron chi connectivity index (χ1n) is 13.8. The third-order valence-electron chi connectivity index (χ3n) is 6.93. The first-order chi connectivity index (χ1) is 22.2. The molecule has 0 aliphatic carbocycles. The van der Waals surface area contributed by atoms with Gasteiger partial charge in [0.2, 0.25) is 11.6 Å². The van der Waals surface area contributed by atoms with Crippen LogP contribution in [0.25, 0.3) is 33.5 Å². The standard InChI is InChI=1S/C33H24BrN5O7/c1-19-7-10-23(11-8-19)36-30(40)18-45-31-26(39(42)43)13-20(14-28(31)44-2)17-35-38-32(37-25-6-4-3-5-24(25)33(38)41)29-16-21-15-22(34)9-12-27(21)46-29/h3-17H,18H2,1-2H3,(H,36,40). The second-order valence-corrected chi connectivity index (χ2v) is 11.1. The number of hydrogen-bond acceptors (Lipinski definition) is 9. The van der Waals surface area contributed by atoms with Gasteiger partial charge in [0, 0.05) is 27.2 Å². The van der Waals surface area contributed by atoms with Crippen LogP contribution in [0.4, 0.5) is 11.4 Å². The van der Waals surface area contributed by atoms with Crippen molar-refractivity contribution >= 4 is 61.3 Å². The van der Waals surface area contributed by atoms with Gasteiger partial charge >= 0.3 is 5.69 Å². The van der Waals surface area contributed by atoms with Crippen molar-refractivity contribution in [3.05, 3.63) is 121 Å². The van der Waals surface area contributed by atoms with Gasteiger partial charge in [-0.1, -0.05) is 45.8 Å². The highest BCUT2D eigenvalue weighted by Gasteiger charge is 2.24. The number of fused-ring (bicyclic) bond motifs is 2. The lowest BCUT2D eigenvalue weighted by molar-refractivity contribution is -0.385. The van der Waals surface area contributed by atoms with Gasteiger partial charge in [-0.25, -0.2) is 4.98 Å². The molecule has 6 aromatic rings. The topological polar surface area (TPSA) is 151 Å². The lowest BCUT2D eigenvalue weighted by Crippen LogP contribution is -2.21. The summed E-state index contributed by atoms with van der Waals surface area (Å²) in [6.07, 6.45) is 1.27. The van der Waals surface area contributed by atoms with Crippen molar-refractivity contribution in [2.45, 2.75) is 6.92 Å². The Morgan fingerprint density at radius 2 is 1.89 bits per heavy atom. The normalized spacial score (nSPS) is 11.3. The van der Waals surface area contributed by atoms with E-state index in [0.717, 1.165) is 20.1 Å². The molecule has 12 nitrogen and oxygen atoms in total. The Kier molecular flexibility index (Phi) is 8.31. The Balaban J connectivity index is 1.36. The highest BCUT2D eigenvalue weighted by Crippen LogP contribution is 2.38. The van der Waals surface area contributed by atoms with Gasteiger partial charge in [-0.05, 0) is 61.5 Å². The maximum Gasteiger partial charge on any atom is 0.315 e. The van der Waals surface area contributed by atoms with E-state index in [2.05, 4.69) is 31.3 Å². The number of methoxy groups -OCH3 is 1. The van der Waals surface area contributed by atoms with Gasteiger partial charge in [-0.3, -0.25) is 19.7 Å². The van der Waals surface area contributed by atoms with Crippen molar-refractivity contribution in [2.75, 3.05) is 19.0 Å². The van der Waals surface area contributed by atoms with Crippen LogP contribution < -0.4 is 20.3 Å². The van der Waals surface area contributed by atoms with Gasteiger partial charge in [0.1, 0.15) is 5.58 Å². The molecule has 0 atom stereocenters. The highest BCUT2D eigenvalue weighted by molar-refractivity contribution is 9.10. The molecule has 13 heteroatoms. The zero-order valence-electron chi connectivity index (χ0n) is 24.4. The molecule has 0 saturated carbocycles. The highest BCUT2D eigenvalue weighted by atomic mass is 79.9. The summed E-state index contributed by atoms with van der Waals surface area (Å²) < 4.78 is 18.9. The number of nitrogens with one attached hydrogen (secondary N) is 1. The zero-order valence-corrected chi connectivity index (χ0v) is 26.0. The maximum atomic E-state index is 13.6. The molecule has 2 aromatic heterocycles. The first-order valence-corrected chi connectivity index (χ1v) is 14.6. The maximum absolute atomic E-state index is 13.6. The number of carbonyl (C=O) groups is 1. The molecular weight excluding hydrogens is 658 g/mol. The molecule has 0 saturated heterocycles. The van der Waals surface area contributed by atoms with Crippen LogP contribution in [0.15, 0.2) is 104 Å². The number of ether oxygens (including phenoxy) is 2. The molecule has 46 heavy (non-hydrogen) atoms. The van der Waals surface area contributed by atoms with Gasteiger partial charge in [-0.15, -0.1) is 0 Å². The predicted octanol–water partition coefficient (Wildman–Crippen LogP) is 6.70. The van der Waals surface area contributed by atoms with Gasteiger partial charge in [0.25, 0.3) is 11.5 Å². The van der Waals surface area contributed by atoms with Crippen LogP contribution in [0, 0.1) is 17.0 Å². The van der Waals surface area contributed by atoms with Crippen LogP contribution in [-0.2, 0) is 4.79 Å². The summed E-state index contributed by atoms with van der Waals surface area (Å²) in [5, 5.41) is 20.2. The molecule has 0 spiro atoms. The predicted molar refractivity (Wildman–Crippen MR) is 177 cm³/mol. The summed E-state index contributed by atoms with van der Waals surface area (Å²) in [6.45, 7) is 1.42. The molecule has 4 aromatic carbocycles. The van der Waals surface area contributed by atoms with Crippen LogP contribution in [0.3, 0.4) is 0 Å². The van der Waals surface area contributed by atoms with Crippen molar-refractivity contribution in [3.63, 3.8) is 0 Å². The summed E-state index contributed by atoms with van der Waals surface area (Å²) in [4.78, 5) is 42.2. The van der Waals surface area contributed by atoms with E-state index in [1.165, 1.54) is 25.5 Å². The molecule has 0 radical (unpaired) electrons. The van der Waals surface area contributed by atoms with Gasteiger partial charge in [-0.2, -0.15) is 9.78 Å². The number of nitro benzene ring substituents is 1. The number of nitro groups is 1. The average Bonchev–Trinajstić information content (AvgIpc) is 3.47. The van der Waals surface area contributed by atoms with E-state index in [9.17, 15) is 19.7 Å². The fraction of sp³-hybridized carbons (Fsp3) is 0.0909. The third kappa shape index (κ3) is 6.21. The minimum absolute atomic E-state index is 0.00847. The molecule has 0 bridgehead atoms. The SMILES string of the molecule is COc1cc(C=Nn2c(-c3cc4cc(Br)ccc4o3)nc3ccccc3c2=O)cc([N+](=O)[O-])c1OCC(=O)Nc1ccc(C)cc1. The Labute approximate surface area is 269 Å². The summed E-state index contributed by atoms with van der Waals surface area (Å²) in [6, 6.07) is 23.9. The number of benzene rings is 4. The summed E-state index contributed by atoms with van der Waals surface area (Å²) >= 11 is 3.45. The molecular formula is C33H24BrN5O7. The first kappa shape index (κ1) is 30.2. The second kappa shape index (κ2) is 12.7. The smallest absolute Gasteiger partial charge is 0.315 e. The number of nitrogens with zero attached hydrogens (tertiary/aromatic N) is 4. The van der Waals surface area contributed by atoms with Gasteiger partial charge in [0.05, 0.1) is 29.2 Å². The molecule has 1 N–H and O–H groups in total. The van der Waals surface area contributed by atoms with E-state index < -0.39 is 28.7 Å². The monoisotopic (exact) mass is 681 g/mol. The molecule has 0 fully saturated rings.